The van der Waals surface area contributed by atoms with Crippen LogP contribution in [0.1, 0.15) is 30.1 Å². The topological polar surface area (TPSA) is 52.6 Å². The summed E-state index contributed by atoms with van der Waals surface area (Å²) >= 11 is 0. The van der Waals surface area contributed by atoms with E-state index in [4.69, 9.17) is 0 Å². The Balaban J connectivity index is 1.33. The van der Waals surface area contributed by atoms with Gasteiger partial charge in [0.15, 0.2) is 11.6 Å². The average Bonchev–Trinajstić information content (AvgIpc) is 2.75. The highest BCUT2D eigenvalue weighted by Crippen LogP contribution is 2.22. The first-order valence-electron chi connectivity index (χ1n) is 9.98. The van der Waals surface area contributed by atoms with Gasteiger partial charge < -0.3 is 14.7 Å². The van der Waals surface area contributed by atoms with Crippen LogP contribution in [-0.4, -0.2) is 60.3 Å². The SMILES string of the molecule is CC1CCN(c2ccc(N3CCN(C(=O)c4ccc(F)cc4)CC3)nn2)CC1. The molecule has 0 radical (unpaired) electrons. The van der Waals surface area contributed by atoms with Crippen LogP contribution in [-0.2, 0) is 0 Å². The third kappa shape index (κ3) is 4.08. The van der Waals surface area contributed by atoms with E-state index in [-0.39, 0.29) is 11.7 Å². The zero-order valence-electron chi connectivity index (χ0n) is 16.2. The molecule has 6 nitrogen and oxygen atoms in total. The van der Waals surface area contributed by atoms with Crippen LogP contribution in [0.2, 0.25) is 0 Å². The molecule has 2 saturated heterocycles. The number of rotatable bonds is 3. The van der Waals surface area contributed by atoms with E-state index < -0.39 is 0 Å². The minimum atomic E-state index is -0.331. The van der Waals surface area contributed by atoms with E-state index in [9.17, 15) is 9.18 Å². The van der Waals surface area contributed by atoms with E-state index in [0.29, 0.717) is 31.7 Å². The Morgan fingerprint density at radius 3 is 1.93 bits per heavy atom. The van der Waals surface area contributed by atoms with E-state index in [1.165, 1.54) is 37.1 Å². The molecule has 0 saturated carbocycles. The molecule has 0 N–H and O–H groups in total. The molecular formula is C21H26FN5O. The zero-order valence-corrected chi connectivity index (χ0v) is 16.2. The van der Waals surface area contributed by atoms with Gasteiger partial charge in [-0.1, -0.05) is 6.92 Å². The molecule has 0 spiro atoms. The first kappa shape index (κ1) is 18.7. The fourth-order valence-electron chi connectivity index (χ4n) is 3.81. The maximum Gasteiger partial charge on any atom is 0.253 e. The molecule has 2 aliphatic heterocycles. The van der Waals surface area contributed by atoms with Gasteiger partial charge in [0.25, 0.3) is 5.91 Å². The maximum atomic E-state index is 13.0. The van der Waals surface area contributed by atoms with Crippen LogP contribution in [0.15, 0.2) is 36.4 Å². The standard InChI is InChI=1S/C21H26FN5O/c1-16-8-10-25(11-9-16)19-6-7-20(24-23-19)26-12-14-27(15-13-26)21(28)17-2-4-18(22)5-3-17/h2-7,16H,8-15H2,1H3. The van der Waals surface area contributed by atoms with E-state index >= 15 is 0 Å². The van der Waals surface area contributed by atoms with E-state index in [0.717, 1.165) is 30.6 Å². The lowest BCUT2D eigenvalue weighted by atomic mass is 9.99. The number of carbonyl (C=O) groups excluding carboxylic acids is 1. The minimum Gasteiger partial charge on any atom is -0.355 e. The molecule has 0 aliphatic carbocycles. The summed E-state index contributed by atoms with van der Waals surface area (Å²) in [6.45, 7) is 7.03. The summed E-state index contributed by atoms with van der Waals surface area (Å²) < 4.78 is 13.0. The Kier molecular flexibility index (Phi) is 5.41. The predicted octanol–water partition coefficient (Wildman–Crippen LogP) is 2.81. The third-order valence-electron chi connectivity index (χ3n) is 5.73. The molecule has 0 bridgehead atoms. The number of aromatic nitrogens is 2. The van der Waals surface area contributed by atoms with Gasteiger partial charge in [-0.3, -0.25) is 4.79 Å². The molecular weight excluding hydrogens is 357 g/mol. The van der Waals surface area contributed by atoms with Crippen molar-refractivity contribution in [1.82, 2.24) is 15.1 Å². The highest BCUT2D eigenvalue weighted by atomic mass is 19.1. The van der Waals surface area contributed by atoms with E-state index in [2.05, 4.69) is 26.9 Å². The van der Waals surface area contributed by atoms with Crippen LogP contribution in [0.4, 0.5) is 16.0 Å². The Morgan fingerprint density at radius 1 is 0.857 bits per heavy atom. The van der Waals surface area contributed by atoms with Crippen molar-refractivity contribution < 1.29 is 9.18 Å². The van der Waals surface area contributed by atoms with Gasteiger partial charge in [-0.15, -0.1) is 10.2 Å². The van der Waals surface area contributed by atoms with Crippen LogP contribution in [0, 0.1) is 11.7 Å². The molecule has 0 unspecified atom stereocenters. The van der Waals surface area contributed by atoms with Gasteiger partial charge in [0.1, 0.15) is 5.82 Å². The molecule has 1 aromatic carbocycles. The summed E-state index contributed by atoms with van der Waals surface area (Å²) in [7, 11) is 0. The second-order valence-corrected chi connectivity index (χ2v) is 7.71. The summed E-state index contributed by atoms with van der Waals surface area (Å²) in [5.41, 5.74) is 0.523. The number of anilines is 2. The monoisotopic (exact) mass is 383 g/mol. The largest absolute Gasteiger partial charge is 0.355 e. The number of halogens is 1. The Morgan fingerprint density at radius 2 is 1.39 bits per heavy atom. The molecule has 7 heteroatoms. The van der Waals surface area contributed by atoms with Crippen molar-refractivity contribution in [3.05, 3.63) is 47.8 Å². The molecule has 0 atom stereocenters. The van der Waals surface area contributed by atoms with Crippen LogP contribution in [0.5, 0.6) is 0 Å². The summed E-state index contributed by atoms with van der Waals surface area (Å²) in [6, 6.07) is 9.80. The number of amides is 1. The van der Waals surface area contributed by atoms with Gasteiger partial charge >= 0.3 is 0 Å². The second-order valence-electron chi connectivity index (χ2n) is 7.71. The summed E-state index contributed by atoms with van der Waals surface area (Å²) in [4.78, 5) is 18.8. The smallest absolute Gasteiger partial charge is 0.253 e. The molecule has 2 aliphatic rings. The van der Waals surface area contributed by atoms with Gasteiger partial charge in [0, 0.05) is 44.8 Å². The van der Waals surface area contributed by atoms with Gasteiger partial charge in [0.2, 0.25) is 0 Å². The second kappa shape index (κ2) is 8.12. The van der Waals surface area contributed by atoms with Gasteiger partial charge in [-0.25, -0.2) is 4.39 Å². The fourth-order valence-corrected chi connectivity index (χ4v) is 3.81. The molecule has 1 amide bonds. The molecule has 2 aromatic rings. The quantitative estimate of drug-likeness (QED) is 0.816. The first-order chi connectivity index (χ1) is 13.6. The fraction of sp³-hybridized carbons (Fsp3) is 0.476. The summed E-state index contributed by atoms with van der Waals surface area (Å²) in [5.74, 6) is 2.20. The Hall–Kier alpha value is -2.70. The van der Waals surface area contributed by atoms with Gasteiger partial charge in [-0.05, 0) is 55.2 Å². The number of hydrogen-bond acceptors (Lipinski definition) is 5. The molecule has 4 rings (SSSR count). The van der Waals surface area contributed by atoms with Crippen molar-refractivity contribution in [1.29, 1.82) is 0 Å². The van der Waals surface area contributed by atoms with Crippen LogP contribution in [0.25, 0.3) is 0 Å². The molecule has 3 heterocycles. The number of piperidine rings is 1. The van der Waals surface area contributed by atoms with Crippen LogP contribution in [0.3, 0.4) is 0 Å². The van der Waals surface area contributed by atoms with Gasteiger partial charge in [-0.2, -0.15) is 0 Å². The lowest BCUT2D eigenvalue weighted by molar-refractivity contribution is 0.0746. The van der Waals surface area contributed by atoms with Crippen molar-refractivity contribution in [2.45, 2.75) is 19.8 Å². The number of hydrogen-bond donors (Lipinski definition) is 0. The van der Waals surface area contributed by atoms with Crippen LogP contribution >= 0.6 is 0 Å². The minimum absolute atomic E-state index is 0.0552. The third-order valence-corrected chi connectivity index (χ3v) is 5.73. The number of nitrogens with zero attached hydrogens (tertiary/aromatic N) is 5. The summed E-state index contributed by atoms with van der Waals surface area (Å²) in [5, 5.41) is 8.85. The maximum absolute atomic E-state index is 13.0. The Bertz CT molecular complexity index is 795. The number of benzene rings is 1. The number of carbonyl (C=O) groups is 1. The number of piperazine rings is 1. The van der Waals surface area contributed by atoms with E-state index in [1.807, 2.05) is 12.1 Å². The first-order valence-corrected chi connectivity index (χ1v) is 9.98. The molecule has 148 valence electrons. The van der Waals surface area contributed by atoms with Crippen molar-refractivity contribution in [2.75, 3.05) is 49.1 Å². The van der Waals surface area contributed by atoms with Crippen molar-refractivity contribution in [3.8, 4) is 0 Å². The lowest BCUT2D eigenvalue weighted by Gasteiger charge is -2.35. The molecule has 1 aromatic heterocycles. The van der Waals surface area contributed by atoms with Crippen molar-refractivity contribution in [2.24, 2.45) is 5.92 Å². The van der Waals surface area contributed by atoms with Crippen molar-refractivity contribution >= 4 is 17.5 Å². The Labute approximate surface area is 165 Å². The van der Waals surface area contributed by atoms with Crippen molar-refractivity contribution in [3.63, 3.8) is 0 Å². The average molecular weight is 383 g/mol. The highest BCUT2D eigenvalue weighted by molar-refractivity contribution is 5.94. The normalized spacial score (nSPS) is 18.4. The van der Waals surface area contributed by atoms with E-state index in [1.54, 1.807) is 4.90 Å². The van der Waals surface area contributed by atoms with Crippen LogP contribution < -0.4 is 9.80 Å². The highest BCUT2D eigenvalue weighted by Gasteiger charge is 2.23. The zero-order chi connectivity index (χ0) is 19.5. The molecule has 28 heavy (non-hydrogen) atoms. The predicted molar refractivity (Wildman–Crippen MR) is 107 cm³/mol. The lowest BCUT2D eigenvalue weighted by Crippen LogP contribution is -2.49. The summed E-state index contributed by atoms with van der Waals surface area (Å²) in [6.07, 6.45) is 2.40. The van der Waals surface area contributed by atoms with Gasteiger partial charge in [0.05, 0.1) is 0 Å². The molecule has 2 fully saturated rings.